The van der Waals surface area contributed by atoms with Crippen LogP contribution in [0.3, 0.4) is 0 Å². The van der Waals surface area contributed by atoms with Crippen LogP contribution in [0.25, 0.3) is 0 Å². The van der Waals surface area contributed by atoms with Gasteiger partial charge in [-0.3, -0.25) is 4.79 Å². The lowest BCUT2D eigenvalue weighted by Crippen LogP contribution is -2.31. The van der Waals surface area contributed by atoms with Crippen molar-refractivity contribution in [3.63, 3.8) is 0 Å². The van der Waals surface area contributed by atoms with Gasteiger partial charge >= 0.3 is 0 Å². The summed E-state index contributed by atoms with van der Waals surface area (Å²) in [6, 6.07) is 10.6. The van der Waals surface area contributed by atoms with Crippen molar-refractivity contribution in [3.05, 3.63) is 52.4 Å². The van der Waals surface area contributed by atoms with E-state index in [1.54, 1.807) is 23.1 Å². The number of rotatable bonds is 2. The molecule has 0 fully saturated rings. The van der Waals surface area contributed by atoms with Crippen molar-refractivity contribution in [1.29, 1.82) is 0 Å². The van der Waals surface area contributed by atoms with Gasteiger partial charge < -0.3 is 4.90 Å². The minimum Gasteiger partial charge on any atom is -0.333 e. The lowest BCUT2D eigenvalue weighted by molar-refractivity contribution is 0.0754. The summed E-state index contributed by atoms with van der Waals surface area (Å²) in [5.41, 5.74) is 3.57. The summed E-state index contributed by atoms with van der Waals surface area (Å²) in [5, 5.41) is 2.01. The Morgan fingerprint density at radius 2 is 1.86 bits per heavy atom. The smallest absolute Gasteiger partial charge is 0.256 e. The summed E-state index contributed by atoms with van der Waals surface area (Å²) < 4.78 is 1.16. The number of thiophene rings is 1. The van der Waals surface area contributed by atoms with E-state index in [4.69, 9.17) is 0 Å². The molecule has 22 heavy (non-hydrogen) atoms. The van der Waals surface area contributed by atoms with Crippen molar-refractivity contribution in [2.75, 3.05) is 12.3 Å². The maximum atomic E-state index is 12.6. The van der Waals surface area contributed by atoms with E-state index in [0.29, 0.717) is 6.54 Å². The van der Waals surface area contributed by atoms with Gasteiger partial charge in [0.1, 0.15) is 0 Å². The molecule has 0 aliphatic carbocycles. The van der Waals surface area contributed by atoms with Crippen molar-refractivity contribution in [3.8, 4) is 0 Å². The molecule has 2 nitrogen and oxygen atoms in total. The minimum atomic E-state index is 0.166. The summed E-state index contributed by atoms with van der Waals surface area (Å²) in [6.07, 6.45) is 0. The fraction of sp³-hybridized carbons (Fsp3) is 0.389. The van der Waals surface area contributed by atoms with E-state index >= 15 is 0 Å². The fourth-order valence-electron chi connectivity index (χ4n) is 2.57. The molecule has 0 N–H and O–H groups in total. The number of hydrogen-bond donors (Lipinski definition) is 0. The first-order valence-electron chi connectivity index (χ1n) is 7.54. The predicted octanol–water partition coefficient (Wildman–Crippen LogP) is 4.79. The molecule has 1 aliphatic heterocycles. The maximum Gasteiger partial charge on any atom is 0.256 e. The Labute approximate surface area is 140 Å². The zero-order valence-electron chi connectivity index (χ0n) is 13.3. The quantitative estimate of drug-likeness (QED) is 0.788. The average molecular weight is 332 g/mol. The van der Waals surface area contributed by atoms with Crippen LogP contribution < -0.4 is 0 Å². The third-order valence-electron chi connectivity index (χ3n) is 3.94. The largest absolute Gasteiger partial charge is 0.333 e. The number of carbonyl (C=O) groups excluding carboxylic acids is 1. The van der Waals surface area contributed by atoms with Crippen LogP contribution >= 0.6 is 23.1 Å². The summed E-state index contributed by atoms with van der Waals surface area (Å²) in [5.74, 6) is 1.14. The minimum absolute atomic E-state index is 0.166. The topological polar surface area (TPSA) is 20.3 Å². The van der Waals surface area contributed by atoms with E-state index in [1.807, 2.05) is 16.3 Å². The molecule has 0 radical (unpaired) electrons. The van der Waals surface area contributed by atoms with Crippen molar-refractivity contribution in [1.82, 2.24) is 4.90 Å². The first kappa shape index (κ1) is 15.6. The van der Waals surface area contributed by atoms with Gasteiger partial charge in [-0.15, -0.1) is 23.1 Å². The van der Waals surface area contributed by atoms with E-state index in [9.17, 15) is 4.79 Å². The number of nitrogens with zero attached hydrogens (tertiary/aromatic N) is 1. The molecule has 1 amide bonds. The zero-order valence-corrected chi connectivity index (χ0v) is 14.9. The second kappa shape index (κ2) is 6.09. The molecule has 0 atom stereocenters. The SMILES string of the molecule is CC(C)(C)c1ccc(CN2CCSc3sccc3C2=O)cc1. The van der Waals surface area contributed by atoms with Crippen molar-refractivity contribution in [2.24, 2.45) is 0 Å². The number of thioether (sulfide) groups is 1. The molecule has 0 bridgehead atoms. The molecule has 116 valence electrons. The second-order valence-corrected chi connectivity index (χ2v) is 8.92. The van der Waals surface area contributed by atoms with Gasteiger partial charge in [-0.25, -0.2) is 0 Å². The molecule has 0 unspecified atom stereocenters. The number of carbonyl (C=O) groups is 1. The number of fused-ring (bicyclic) bond motifs is 1. The Hall–Kier alpha value is -1.26. The molecule has 2 heterocycles. The van der Waals surface area contributed by atoms with Crippen LogP contribution in [0.1, 0.15) is 42.3 Å². The monoisotopic (exact) mass is 331 g/mol. The predicted molar refractivity (Wildman–Crippen MR) is 94.9 cm³/mol. The lowest BCUT2D eigenvalue weighted by Gasteiger charge is -2.22. The Kier molecular flexibility index (Phi) is 4.33. The van der Waals surface area contributed by atoms with Crippen molar-refractivity contribution < 1.29 is 4.79 Å². The number of benzene rings is 1. The highest BCUT2D eigenvalue weighted by Crippen LogP contribution is 2.32. The lowest BCUT2D eigenvalue weighted by atomic mass is 9.87. The van der Waals surface area contributed by atoms with Crippen LogP contribution in [-0.4, -0.2) is 23.1 Å². The van der Waals surface area contributed by atoms with Crippen LogP contribution in [0.5, 0.6) is 0 Å². The van der Waals surface area contributed by atoms with Crippen LogP contribution in [0.2, 0.25) is 0 Å². The molecular formula is C18H21NOS2. The van der Waals surface area contributed by atoms with Gasteiger partial charge in [-0.05, 0) is 28.0 Å². The molecule has 0 saturated carbocycles. The number of hydrogen-bond acceptors (Lipinski definition) is 3. The van der Waals surface area contributed by atoms with Crippen molar-refractivity contribution >= 4 is 29.0 Å². The van der Waals surface area contributed by atoms with Crippen LogP contribution in [0.4, 0.5) is 0 Å². The van der Waals surface area contributed by atoms with Crippen LogP contribution in [0.15, 0.2) is 39.9 Å². The normalized spacial score (nSPS) is 15.6. The van der Waals surface area contributed by atoms with Gasteiger partial charge in [0.15, 0.2) is 0 Å². The highest BCUT2D eigenvalue weighted by Gasteiger charge is 2.24. The van der Waals surface area contributed by atoms with Gasteiger partial charge in [0.25, 0.3) is 5.91 Å². The van der Waals surface area contributed by atoms with Crippen LogP contribution in [0, 0.1) is 0 Å². The molecule has 1 aliphatic rings. The van der Waals surface area contributed by atoms with Crippen LogP contribution in [-0.2, 0) is 12.0 Å². The standard InChI is InChI=1S/C18H21NOS2/c1-18(2,3)14-6-4-13(5-7-14)12-19-9-11-22-17-15(16(19)20)8-10-21-17/h4-8,10H,9,11-12H2,1-3H3. The van der Waals surface area contributed by atoms with E-state index in [1.165, 1.54) is 11.1 Å². The molecule has 1 aromatic heterocycles. The second-order valence-electron chi connectivity index (χ2n) is 6.64. The summed E-state index contributed by atoms with van der Waals surface area (Å²) >= 11 is 3.47. The molecule has 2 aromatic rings. The highest BCUT2D eigenvalue weighted by atomic mass is 32.2. The summed E-state index contributed by atoms with van der Waals surface area (Å²) in [4.78, 5) is 14.6. The van der Waals surface area contributed by atoms with Gasteiger partial charge in [0, 0.05) is 18.8 Å². The summed E-state index contributed by atoms with van der Waals surface area (Å²) in [6.45, 7) is 8.16. The van der Waals surface area contributed by atoms with Gasteiger partial charge in [-0.2, -0.15) is 0 Å². The zero-order chi connectivity index (χ0) is 15.7. The van der Waals surface area contributed by atoms with E-state index in [0.717, 1.165) is 22.1 Å². The van der Waals surface area contributed by atoms with Crippen molar-refractivity contribution in [2.45, 2.75) is 36.9 Å². The third kappa shape index (κ3) is 3.23. The fourth-order valence-corrected chi connectivity index (χ4v) is 4.67. The first-order valence-corrected chi connectivity index (χ1v) is 9.40. The molecule has 0 spiro atoms. The first-order chi connectivity index (χ1) is 10.4. The molecule has 3 rings (SSSR count). The third-order valence-corrected chi connectivity index (χ3v) is 6.15. The van der Waals surface area contributed by atoms with E-state index in [2.05, 4.69) is 45.0 Å². The summed E-state index contributed by atoms with van der Waals surface area (Å²) in [7, 11) is 0. The molecule has 4 heteroatoms. The molecular weight excluding hydrogens is 310 g/mol. The Bertz CT molecular complexity index is 667. The molecule has 1 aromatic carbocycles. The molecule has 0 saturated heterocycles. The number of amides is 1. The Morgan fingerprint density at radius 3 is 2.55 bits per heavy atom. The van der Waals surface area contributed by atoms with Gasteiger partial charge in [0.05, 0.1) is 9.77 Å². The van der Waals surface area contributed by atoms with Gasteiger partial charge in [-0.1, -0.05) is 45.0 Å². The Balaban J connectivity index is 1.77. The van der Waals surface area contributed by atoms with Gasteiger partial charge in [0.2, 0.25) is 0 Å². The van der Waals surface area contributed by atoms with E-state index in [-0.39, 0.29) is 11.3 Å². The Morgan fingerprint density at radius 1 is 1.14 bits per heavy atom. The maximum absolute atomic E-state index is 12.6. The van der Waals surface area contributed by atoms with E-state index < -0.39 is 0 Å². The highest BCUT2D eigenvalue weighted by molar-refractivity contribution is 8.01. The average Bonchev–Trinajstić information content (AvgIpc) is 2.88.